The van der Waals surface area contributed by atoms with Gasteiger partial charge < -0.3 is 14.5 Å². The van der Waals surface area contributed by atoms with E-state index in [1.807, 2.05) is 29.3 Å². The third-order valence-electron chi connectivity index (χ3n) is 5.73. The Morgan fingerprint density at radius 2 is 2.21 bits per heavy atom. The second kappa shape index (κ2) is 8.62. The summed E-state index contributed by atoms with van der Waals surface area (Å²) in [4.78, 5) is 21.7. The van der Waals surface area contributed by atoms with Gasteiger partial charge in [0.1, 0.15) is 11.4 Å². The number of ether oxygens (including phenoxy) is 1. The van der Waals surface area contributed by atoms with Crippen LogP contribution in [0.25, 0.3) is 0 Å². The molecule has 4 rings (SSSR count). The number of hydrogen-bond acceptors (Lipinski definition) is 5. The molecule has 0 spiro atoms. The topological polar surface area (TPSA) is 45.7 Å². The average Bonchev–Trinajstić information content (AvgIpc) is 3.31. The molecule has 5 nitrogen and oxygen atoms in total. The first-order valence-electron chi connectivity index (χ1n) is 10.3. The first kappa shape index (κ1) is 19.4. The fourth-order valence-electron chi connectivity index (χ4n) is 3.95. The first-order chi connectivity index (χ1) is 13.6. The molecule has 1 amide bonds. The highest BCUT2D eigenvalue weighted by atomic mass is 32.1. The SMILES string of the molecule is Cc1nc(C(=O)N(Cc2cccc(OCC[C@H]3CCCN3C)c2)C2CC2)cs1. The van der Waals surface area contributed by atoms with Crippen molar-refractivity contribution in [2.75, 3.05) is 20.2 Å². The van der Waals surface area contributed by atoms with Crippen LogP contribution >= 0.6 is 11.3 Å². The molecule has 1 aromatic heterocycles. The molecule has 1 saturated heterocycles. The molecule has 6 heteroatoms. The number of amides is 1. The second-order valence-corrected chi connectivity index (χ2v) is 9.04. The second-order valence-electron chi connectivity index (χ2n) is 7.98. The third kappa shape index (κ3) is 4.73. The molecule has 2 fully saturated rings. The van der Waals surface area contributed by atoms with Crippen molar-refractivity contribution in [1.82, 2.24) is 14.8 Å². The summed E-state index contributed by atoms with van der Waals surface area (Å²) in [6.07, 6.45) is 5.80. The molecule has 1 aromatic carbocycles. The van der Waals surface area contributed by atoms with E-state index >= 15 is 0 Å². The maximum absolute atomic E-state index is 12.9. The van der Waals surface area contributed by atoms with E-state index in [0.29, 0.717) is 24.3 Å². The zero-order valence-corrected chi connectivity index (χ0v) is 17.6. The van der Waals surface area contributed by atoms with Gasteiger partial charge in [0.05, 0.1) is 11.6 Å². The lowest BCUT2D eigenvalue weighted by Gasteiger charge is -2.22. The van der Waals surface area contributed by atoms with Gasteiger partial charge in [0.2, 0.25) is 0 Å². The highest BCUT2D eigenvalue weighted by molar-refractivity contribution is 7.09. The predicted octanol–water partition coefficient (Wildman–Crippen LogP) is 4.12. The monoisotopic (exact) mass is 399 g/mol. The van der Waals surface area contributed by atoms with E-state index in [0.717, 1.165) is 42.2 Å². The summed E-state index contributed by atoms with van der Waals surface area (Å²) in [7, 11) is 2.20. The van der Waals surface area contributed by atoms with Crippen LogP contribution in [-0.2, 0) is 6.54 Å². The Hall–Kier alpha value is -1.92. The molecule has 2 aromatic rings. The average molecular weight is 400 g/mol. The van der Waals surface area contributed by atoms with Gasteiger partial charge in [0.15, 0.2) is 0 Å². The lowest BCUT2D eigenvalue weighted by atomic mass is 10.1. The van der Waals surface area contributed by atoms with Crippen LogP contribution in [0, 0.1) is 6.92 Å². The van der Waals surface area contributed by atoms with Crippen LogP contribution in [0.4, 0.5) is 0 Å². The Morgan fingerprint density at radius 1 is 1.36 bits per heavy atom. The molecule has 1 atom stereocenters. The molecule has 0 bridgehead atoms. The van der Waals surface area contributed by atoms with Crippen molar-refractivity contribution >= 4 is 17.2 Å². The number of thiazole rings is 1. The van der Waals surface area contributed by atoms with Gasteiger partial charge in [-0.25, -0.2) is 4.98 Å². The van der Waals surface area contributed by atoms with E-state index in [1.54, 1.807) is 0 Å². The van der Waals surface area contributed by atoms with E-state index in [9.17, 15) is 4.79 Å². The summed E-state index contributed by atoms with van der Waals surface area (Å²) >= 11 is 1.53. The number of benzene rings is 1. The van der Waals surface area contributed by atoms with E-state index < -0.39 is 0 Å². The minimum atomic E-state index is 0.0439. The highest BCUT2D eigenvalue weighted by Gasteiger charge is 2.34. The highest BCUT2D eigenvalue weighted by Crippen LogP contribution is 2.30. The smallest absolute Gasteiger partial charge is 0.273 e. The number of aryl methyl sites for hydroxylation is 1. The van der Waals surface area contributed by atoms with Crippen LogP contribution in [0.2, 0.25) is 0 Å². The Bertz CT molecular complexity index is 818. The van der Waals surface area contributed by atoms with Gasteiger partial charge in [-0.05, 0) is 70.3 Å². The van der Waals surface area contributed by atoms with Gasteiger partial charge in [0, 0.05) is 24.0 Å². The molecular formula is C22H29N3O2S. The lowest BCUT2D eigenvalue weighted by molar-refractivity contribution is 0.0724. The zero-order valence-electron chi connectivity index (χ0n) is 16.8. The van der Waals surface area contributed by atoms with E-state index in [2.05, 4.69) is 29.1 Å². The Balaban J connectivity index is 1.36. The third-order valence-corrected chi connectivity index (χ3v) is 6.50. The molecule has 28 heavy (non-hydrogen) atoms. The van der Waals surface area contributed by atoms with Gasteiger partial charge in [-0.3, -0.25) is 4.79 Å². The standard InChI is InChI=1S/C22H29N3O2S/c1-16-23-21(15-28-16)22(26)25(19-8-9-19)14-17-5-3-7-20(13-17)27-12-10-18-6-4-11-24(18)2/h3,5,7,13,15,18-19H,4,6,8-12,14H2,1-2H3/t18-/m1/s1. The Labute approximate surface area is 171 Å². The number of carbonyl (C=O) groups is 1. The number of carbonyl (C=O) groups excluding carboxylic acids is 1. The maximum Gasteiger partial charge on any atom is 0.273 e. The number of rotatable bonds is 8. The fourth-order valence-corrected chi connectivity index (χ4v) is 4.54. The van der Waals surface area contributed by atoms with Crippen LogP contribution in [-0.4, -0.2) is 53.0 Å². The summed E-state index contributed by atoms with van der Waals surface area (Å²) in [5.74, 6) is 0.938. The summed E-state index contributed by atoms with van der Waals surface area (Å²) < 4.78 is 6.02. The van der Waals surface area contributed by atoms with Crippen molar-refractivity contribution in [2.24, 2.45) is 0 Å². The van der Waals surface area contributed by atoms with Crippen molar-refractivity contribution in [2.45, 2.75) is 57.7 Å². The van der Waals surface area contributed by atoms with Crippen molar-refractivity contribution in [3.05, 3.63) is 45.9 Å². The van der Waals surface area contributed by atoms with Crippen molar-refractivity contribution in [3.8, 4) is 5.75 Å². The molecule has 1 aliphatic carbocycles. The van der Waals surface area contributed by atoms with E-state index in [-0.39, 0.29) is 5.91 Å². The van der Waals surface area contributed by atoms with Crippen LogP contribution in [0.15, 0.2) is 29.6 Å². The predicted molar refractivity (Wildman–Crippen MR) is 112 cm³/mol. The molecule has 150 valence electrons. The molecule has 2 aliphatic rings. The molecule has 0 unspecified atom stereocenters. The van der Waals surface area contributed by atoms with Gasteiger partial charge in [0.25, 0.3) is 5.91 Å². The van der Waals surface area contributed by atoms with Gasteiger partial charge in [-0.1, -0.05) is 12.1 Å². The normalized spacial score (nSPS) is 19.7. The Morgan fingerprint density at radius 3 is 2.89 bits per heavy atom. The number of aromatic nitrogens is 1. The fraction of sp³-hybridized carbons (Fsp3) is 0.545. The minimum Gasteiger partial charge on any atom is -0.494 e. The summed E-state index contributed by atoms with van der Waals surface area (Å²) in [6.45, 7) is 4.49. The van der Waals surface area contributed by atoms with Crippen molar-refractivity contribution in [1.29, 1.82) is 0 Å². The van der Waals surface area contributed by atoms with Gasteiger partial charge in [-0.15, -0.1) is 11.3 Å². The van der Waals surface area contributed by atoms with E-state index in [4.69, 9.17) is 4.74 Å². The molecule has 0 radical (unpaired) electrons. The van der Waals surface area contributed by atoms with Crippen LogP contribution in [0.1, 0.15) is 53.2 Å². The summed E-state index contributed by atoms with van der Waals surface area (Å²) in [6, 6.07) is 9.17. The molecular weight excluding hydrogens is 370 g/mol. The van der Waals surface area contributed by atoms with Gasteiger partial charge >= 0.3 is 0 Å². The maximum atomic E-state index is 12.9. The number of nitrogens with zero attached hydrogens (tertiary/aromatic N) is 3. The lowest BCUT2D eigenvalue weighted by Crippen LogP contribution is -2.32. The van der Waals surface area contributed by atoms with Crippen LogP contribution < -0.4 is 4.74 Å². The zero-order chi connectivity index (χ0) is 19.5. The Kier molecular flexibility index (Phi) is 5.97. The minimum absolute atomic E-state index is 0.0439. The van der Waals surface area contributed by atoms with Crippen molar-refractivity contribution < 1.29 is 9.53 Å². The molecule has 2 heterocycles. The van der Waals surface area contributed by atoms with Gasteiger partial charge in [-0.2, -0.15) is 0 Å². The van der Waals surface area contributed by atoms with Crippen molar-refractivity contribution in [3.63, 3.8) is 0 Å². The molecule has 1 aliphatic heterocycles. The first-order valence-corrected chi connectivity index (χ1v) is 11.1. The largest absolute Gasteiger partial charge is 0.494 e. The number of likely N-dealkylation sites (tertiary alicyclic amines) is 1. The summed E-state index contributed by atoms with van der Waals surface area (Å²) in [5.41, 5.74) is 1.69. The van der Waals surface area contributed by atoms with E-state index in [1.165, 1.54) is 30.7 Å². The molecule has 1 saturated carbocycles. The van der Waals surface area contributed by atoms with Crippen LogP contribution in [0.3, 0.4) is 0 Å². The number of hydrogen-bond donors (Lipinski definition) is 0. The molecule has 0 N–H and O–H groups in total. The van der Waals surface area contributed by atoms with Crippen LogP contribution in [0.5, 0.6) is 5.75 Å². The summed E-state index contributed by atoms with van der Waals surface area (Å²) in [5, 5.41) is 2.80. The quantitative estimate of drug-likeness (QED) is 0.670.